The van der Waals surface area contributed by atoms with Gasteiger partial charge in [0.2, 0.25) is 0 Å². The number of carbonyl (C=O) groups excluding carboxylic acids is 1. The minimum Gasteiger partial charge on any atom is -0.494 e. The van der Waals surface area contributed by atoms with E-state index < -0.39 is 0 Å². The molecule has 0 saturated carbocycles. The second-order valence-corrected chi connectivity index (χ2v) is 8.10. The first-order valence-electron chi connectivity index (χ1n) is 9.86. The highest BCUT2D eigenvalue weighted by molar-refractivity contribution is 7.22. The minimum absolute atomic E-state index is 0.0905. The van der Waals surface area contributed by atoms with Gasteiger partial charge >= 0.3 is 0 Å². The van der Waals surface area contributed by atoms with Crippen molar-refractivity contribution in [2.24, 2.45) is 0 Å². The summed E-state index contributed by atoms with van der Waals surface area (Å²) in [5.74, 6) is 0.970. The van der Waals surface area contributed by atoms with Gasteiger partial charge in [0.15, 0.2) is 5.13 Å². The van der Waals surface area contributed by atoms with E-state index in [1.807, 2.05) is 54.4 Å². The van der Waals surface area contributed by atoms with Crippen molar-refractivity contribution in [3.8, 4) is 5.75 Å². The maximum absolute atomic E-state index is 13.0. The van der Waals surface area contributed by atoms with Gasteiger partial charge in [0.05, 0.1) is 22.4 Å². The van der Waals surface area contributed by atoms with Gasteiger partial charge in [-0.05, 0) is 31.2 Å². The second-order valence-electron chi connectivity index (χ2n) is 7.09. The standard InChI is InChI=1S/C22H22N4O2S/c1-2-28-15-7-8-19-20(13-15)29-22(24-19)26-11-9-25(10-12-26)21(27)17-14-23-18-6-4-3-5-16(17)18/h3-8,13-14,23H,2,9-12H2,1H3. The van der Waals surface area contributed by atoms with Crippen LogP contribution in [0.1, 0.15) is 17.3 Å². The second kappa shape index (κ2) is 7.40. The molecule has 0 unspecified atom stereocenters. The Hall–Kier alpha value is -3.06. The van der Waals surface area contributed by atoms with Crippen LogP contribution in [0.5, 0.6) is 5.75 Å². The number of fused-ring (bicyclic) bond motifs is 2. The fourth-order valence-corrected chi connectivity index (χ4v) is 4.85. The third kappa shape index (κ3) is 3.31. The Morgan fingerprint density at radius 3 is 2.83 bits per heavy atom. The Bertz CT molecular complexity index is 1170. The average Bonchev–Trinajstić information content (AvgIpc) is 3.37. The number of nitrogens with one attached hydrogen (secondary N) is 1. The number of H-pyrrole nitrogens is 1. The number of piperazine rings is 1. The minimum atomic E-state index is 0.0905. The summed E-state index contributed by atoms with van der Waals surface area (Å²) >= 11 is 1.68. The van der Waals surface area contributed by atoms with Crippen molar-refractivity contribution in [3.63, 3.8) is 0 Å². The fraction of sp³-hybridized carbons (Fsp3) is 0.273. The number of nitrogens with zero attached hydrogens (tertiary/aromatic N) is 3. The van der Waals surface area contributed by atoms with Gasteiger partial charge in [-0.1, -0.05) is 29.5 Å². The van der Waals surface area contributed by atoms with Crippen molar-refractivity contribution in [1.29, 1.82) is 0 Å². The third-order valence-electron chi connectivity index (χ3n) is 5.32. The van der Waals surface area contributed by atoms with Crippen LogP contribution in [0, 0.1) is 0 Å². The van der Waals surface area contributed by atoms with Crippen LogP contribution < -0.4 is 9.64 Å². The molecule has 1 fully saturated rings. The van der Waals surface area contributed by atoms with E-state index in [4.69, 9.17) is 9.72 Å². The molecule has 0 bridgehead atoms. The number of benzene rings is 2. The molecule has 0 spiro atoms. The van der Waals surface area contributed by atoms with Gasteiger partial charge in [-0.3, -0.25) is 4.79 Å². The number of anilines is 1. The zero-order valence-electron chi connectivity index (χ0n) is 16.2. The van der Waals surface area contributed by atoms with Crippen LogP contribution in [0.3, 0.4) is 0 Å². The number of para-hydroxylation sites is 1. The van der Waals surface area contributed by atoms with Crippen LogP contribution in [-0.4, -0.2) is 53.6 Å². The number of carbonyl (C=O) groups is 1. The number of amides is 1. The van der Waals surface area contributed by atoms with Crippen molar-refractivity contribution in [1.82, 2.24) is 14.9 Å². The highest BCUT2D eigenvalue weighted by Crippen LogP contribution is 2.32. The summed E-state index contributed by atoms with van der Waals surface area (Å²) in [6.45, 7) is 5.60. The lowest BCUT2D eigenvalue weighted by atomic mass is 10.1. The lowest BCUT2D eigenvalue weighted by Crippen LogP contribution is -2.48. The average molecular weight is 407 g/mol. The largest absolute Gasteiger partial charge is 0.494 e. The Labute approximate surface area is 172 Å². The molecule has 0 radical (unpaired) electrons. The van der Waals surface area contributed by atoms with Gasteiger partial charge in [-0.2, -0.15) is 0 Å². The smallest absolute Gasteiger partial charge is 0.256 e. The molecule has 1 aliphatic rings. The fourth-order valence-electron chi connectivity index (χ4n) is 3.80. The molecule has 1 amide bonds. The van der Waals surface area contributed by atoms with Crippen molar-refractivity contribution < 1.29 is 9.53 Å². The summed E-state index contributed by atoms with van der Waals surface area (Å²) in [6.07, 6.45) is 1.82. The first-order valence-corrected chi connectivity index (χ1v) is 10.7. The molecule has 1 saturated heterocycles. The maximum Gasteiger partial charge on any atom is 0.256 e. The molecule has 6 nitrogen and oxygen atoms in total. The number of thiazole rings is 1. The van der Waals surface area contributed by atoms with Crippen LogP contribution in [0.4, 0.5) is 5.13 Å². The van der Waals surface area contributed by atoms with Crippen molar-refractivity contribution >= 4 is 43.5 Å². The van der Waals surface area contributed by atoms with Gasteiger partial charge in [0, 0.05) is 43.3 Å². The van der Waals surface area contributed by atoms with Crippen LogP contribution >= 0.6 is 11.3 Å². The molecule has 1 N–H and O–H groups in total. The first-order chi connectivity index (χ1) is 14.2. The third-order valence-corrected chi connectivity index (χ3v) is 6.40. The van der Waals surface area contributed by atoms with Crippen LogP contribution in [-0.2, 0) is 0 Å². The molecule has 4 aromatic rings. The molecule has 0 atom stereocenters. The van der Waals surface area contributed by atoms with E-state index in [2.05, 4.69) is 16.0 Å². The van der Waals surface area contributed by atoms with E-state index in [1.54, 1.807) is 11.3 Å². The van der Waals surface area contributed by atoms with Crippen LogP contribution in [0.15, 0.2) is 48.7 Å². The highest BCUT2D eigenvalue weighted by atomic mass is 32.1. The van der Waals surface area contributed by atoms with Crippen molar-refractivity contribution in [2.75, 3.05) is 37.7 Å². The Morgan fingerprint density at radius 1 is 1.17 bits per heavy atom. The molecule has 0 aliphatic carbocycles. The van der Waals surface area contributed by atoms with E-state index in [1.165, 1.54) is 0 Å². The molecule has 29 heavy (non-hydrogen) atoms. The number of aromatic amines is 1. The van der Waals surface area contributed by atoms with Gasteiger partial charge in [-0.15, -0.1) is 0 Å². The summed E-state index contributed by atoms with van der Waals surface area (Å²) in [4.78, 5) is 25.2. The Morgan fingerprint density at radius 2 is 2.00 bits per heavy atom. The molecular weight excluding hydrogens is 384 g/mol. The summed E-state index contributed by atoms with van der Waals surface area (Å²) < 4.78 is 6.72. The van der Waals surface area contributed by atoms with E-state index in [0.717, 1.165) is 50.7 Å². The molecule has 2 aromatic carbocycles. The molecular formula is C22H22N4O2S. The molecule has 148 valence electrons. The molecule has 2 aromatic heterocycles. The zero-order chi connectivity index (χ0) is 19.8. The maximum atomic E-state index is 13.0. The summed E-state index contributed by atoms with van der Waals surface area (Å²) in [5.41, 5.74) is 2.73. The molecule has 5 rings (SSSR count). The Balaban J connectivity index is 1.30. The van der Waals surface area contributed by atoms with Crippen molar-refractivity contribution in [3.05, 3.63) is 54.2 Å². The first kappa shape index (κ1) is 18.0. The zero-order valence-corrected chi connectivity index (χ0v) is 17.0. The van der Waals surface area contributed by atoms with Gasteiger partial charge in [0.25, 0.3) is 5.91 Å². The topological polar surface area (TPSA) is 61.5 Å². The van der Waals surface area contributed by atoms with Crippen LogP contribution in [0.2, 0.25) is 0 Å². The lowest BCUT2D eigenvalue weighted by Gasteiger charge is -2.34. The number of hydrogen-bond acceptors (Lipinski definition) is 5. The van der Waals surface area contributed by atoms with E-state index in [0.29, 0.717) is 19.7 Å². The molecule has 1 aliphatic heterocycles. The summed E-state index contributed by atoms with van der Waals surface area (Å²) in [5, 5.41) is 1.99. The number of rotatable bonds is 4. The highest BCUT2D eigenvalue weighted by Gasteiger charge is 2.25. The van der Waals surface area contributed by atoms with Gasteiger partial charge < -0.3 is 19.5 Å². The Kier molecular flexibility index (Phi) is 4.60. The quantitative estimate of drug-likeness (QED) is 0.553. The summed E-state index contributed by atoms with van der Waals surface area (Å²) in [6, 6.07) is 14.0. The number of aromatic nitrogens is 2. The number of ether oxygens (including phenoxy) is 1. The summed E-state index contributed by atoms with van der Waals surface area (Å²) in [7, 11) is 0. The lowest BCUT2D eigenvalue weighted by molar-refractivity contribution is 0.0749. The molecule has 3 heterocycles. The monoisotopic (exact) mass is 406 g/mol. The number of hydrogen-bond donors (Lipinski definition) is 1. The van der Waals surface area contributed by atoms with E-state index in [-0.39, 0.29) is 5.91 Å². The van der Waals surface area contributed by atoms with Gasteiger partial charge in [-0.25, -0.2) is 4.98 Å². The normalized spacial score (nSPS) is 14.7. The molecule has 7 heteroatoms. The van der Waals surface area contributed by atoms with Crippen molar-refractivity contribution in [2.45, 2.75) is 6.92 Å². The van der Waals surface area contributed by atoms with E-state index >= 15 is 0 Å². The predicted octanol–water partition coefficient (Wildman–Crippen LogP) is 4.14. The SMILES string of the molecule is CCOc1ccc2nc(N3CCN(C(=O)c4c[nH]c5ccccc45)CC3)sc2c1. The van der Waals surface area contributed by atoms with Gasteiger partial charge in [0.1, 0.15) is 5.75 Å². The van der Waals surface area contributed by atoms with Crippen LogP contribution in [0.25, 0.3) is 21.1 Å². The predicted molar refractivity (Wildman–Crippen MR) is 117 cm³/mol. The van der Waals surface area contributed by atoms with E-state index in [9.17, 15) is 4.79 Å².